The van der Waals surface area contributed by atoms with Gasteiger partial charge in [-0.1, -0.05) is 88.4 Å². The molecule has 1 amide bonds. The summed E-state index contributed by atoms with van der Waals surface area (Å²) in [6.45, 7) is 15.5. The summed E-state index contributed by atoms with van der Waals surface area (Å²) in [7, 11) is 1.78. The van der Waals surface area contributed by atoms with Gasteiger partial charge in [-0.3, -0.25) is 14.4 Å². The van der Waals surface area contributed by atoms with Crippen LogP contribution in [0.4, 0.5) is 34.1 Å². The maximum Gasteiger partial charge on any atom is 0.305 e. The van der Waals surface area contributed by atoms with Crippen molar-refractivity contribution >= 4 is 73.5 Å². The lowest BCUT2D eigenvalue weighted by Crippen LogP contribution is -2.41. The summed E-state index contributed by atoms with van der Waals surface area (Å²) < 4.78 is 0. The molecule has 0 aliphatic carbocycles. The highest BCUT2D eigenvalue weighted by molar-refractivity contribution is 6.17. The van der Waals surface area contributed by atoms with Gasteiger partial charge in [0.05, 0.1) is 35.9 Å². The van der Waals surface area contributed by atoms with Crippen LogP contribution in [0.2, 0.25) is 0 Å². The Morgan fingerprint density at radius 3 is 1.85 bits per heavy atom. The quantitative estimate of drug-likeness (QED) is 0.0551. The summed E-state index contributed by atoms with van der Waals surface area (Å²) in [5.41, 5.74) is 14.8. The Labute approximate surface area is 387 Å². The maximum atomic E-state index is 14.0. The smallest absolute Gasteiger partial charge is 0.305 e. The van der Waals surface area contributed by atoms with Gasteiger partial charge in [0.15, 0.2) is 0 Å². The Morgan fingerprint density at radius 2 is 1.24 bits per heavy atom. The number of carbonyl (C=O) groups is 3. The third-order valence-corrected chi connectivity index (χ3v) is 13.6. The first-order valence-corrected chi connectivity index (χ1v) is 22.9. The van der Waals surface area contributed by atoms with Crippen LogP contribution in [0.5, 0.6) is 0 Å². The lowest BCUT2D eigenvalue weighted by molar-refractivity contribution is -0.137. The van der Waals surface area contributed by atoms with Gasteiger partial charge in [0.1, 0.15) is 0 Å². The van der Waals surface area contributed by atoms with Crippen LogP contribution < -0.4 is 30.5 Å². The van der Waals surface area contributed by atoms with Gasteiger partial charge in [-0.25, -0.2) is 0 Å². The molecule has 0 spiro atoms. The number of anilines is 6. The van der Waals surface area contributed by atoms with Crippen molar-refractivity contribution in [1.82, 2.24) is 0 Å². The molecule has 0 saturated heterocycles. The second-order valence-corrected chi connectivity index (χ2v) is 18.3. The van der Waals surface area contributed by atoms with Crippen LogP contribution in [0.25, 0.3) is 21.5 Å². The summed E-state index contributed by atoms with van der Waals surface area (Å²) in [5.74, 6) is -1.90. The number of benzene rings is 6. The zero-order valence-corrected chi connectivity index (χ0v) is 38.9. The minimum atomic E-state index is -0.881. The van der Waals surface area contributed by atoms with Gasteiger partial charge in [0.2, 0.25) is 0 Å². The Kier molecular flexibility index (Phi) is 12.6. The van der Waals surface area contributed by atoms with Crippen molar-refractivity contribution in [1.29, 1.82) is 0 Å². The van der Waals surface area contributed by atoms with Gasteiger partial charge in [-0.15, -0.1) is 0 Å². The number of carbonyl (C=O) groups excluding carboxylic acids is 1. The molecule has 6 aromatic rings. The highest BCUT2D eigenvalue weighted by atomic mass is 16.4. The fourth-order valence-corrected chi connectivity index (χ4v) is 10.1. The van der Waals surface area contributed by atoms with Crippen LogP contribution in [0.1, 0.15) is 75.9 Å². The Bertz CT molecular complexity index is 2860. The molecule has 0 radical (unpaired) electrons. The van der Waals surface area contributed by atoms with Crippen molar-refractivity contribution in [3.8, 4) is 0 Å². The lowest BCUT2D eigenvalue weighted by atomic mass is 9.79. The van der Waals surface area contributed by atoms with E-state index in [9.17, 15) is 24.6 Å². The molecule has 4 N–H and O–H groups in total. The van der Waals surface area contributed by atoms with Crippen LogP contribution in [0.15, 0.2) is 139 Å². The number of nitrogens with one attached hydrogen (secondary N) is 2. The summed E-state index contributed by atoms with van der Waals surface area (Å²) in [4.78, 5) is 46.3. The van der Waals surface area contributed by atoms with Crippen LogP contribution in [0, 0.1) is 0 Å². The molecule has 11 heteroatoms. The van der Waals surface area contributed by atoms with E-state index in [0.717, 1.165) is 74.3 Å². The molecule has 1 unspecified atom stereocenters. The van der Waals surface area contributed by atoms with Gasteiger partial charge in [-0.05, 0) is 114 Å². The first-order valence-electron chi connectivity index (χ1n) is 22.9. The number of hydrogen-bond acceptors (Lipinski definition) is 8. The maximum absolute atomic E-state index is 14.0. The zero-order chi connectivity index (χ0) is 46.9. The molecule has 2 aliphatic heterocycles. The van der Waals surface area contributed by atoms with Crippen molar-refractivity contribution in [2.45, 2.75) is 71.3 Å². The van der Waals surface area contributed by atoms with E-state index in [0.29, 0.717) is 18.7 Å². The van der Waals surface area contributed by atoms with E-state index < -0.39 is 22.8 Å². The SMILES string of the molecule is CCN(CC)c1ccc(NNc2ccc(C(=O)N(C)c3ccc4c(c3)C(C)(C)C(C=CC=C3N(CCC(=O)O)c5c(c6ccccc6c6ccccc56)C3(C)C)N4CCC(=O)O)cc2)cc1. The van der Waals surface area contributed by atoms with Gasteiger partial charge in [0.25, 0.3) is 5.91 Å². The lowest BCUT2D eigenvalue weighted by Gasteiger charge is -2.32. The summed E-state index contributed by atoms with van der Waals surface area (Å²) in [5, 5.41) is 24.3. The zero-order valence-electron chi connectivity index (χ0n) is 38.9. The van der Waals surface area contributed by atoms with Crippen molar-refractivity contribution in [2.24, 2.45) is 0 Å². The summed E-state index contributed by atoms with van der Waals surface area (Å²) in [6, 6.07) is 38.2. The molecule has 11 nitrogen and oxygen atoms in total. The van der Waals surface area contributed by atoms with E-state index in [1.165, 1.54) is 11.3 Å². The average molecular weight is 885 g/mol. The molecule has 0 bridgehead atoms. The number of hydrazine groups is 1. The van der Waals surface area contributed by atoms with Gasteiger partial charge in [-0.2, -0.15) is 0 Å². The fraction of sp³-hybridized carbons (Fsp3) is 0.291. The minimum absolute atomic E-state index is 0.0297. The second kappa shape index (κ2) is 18.3. The number of aliphatic carboxylic acids is 2. The van der Waals surface area contributed by atoms with Gasteiger partial charge >= 0.3 is 11.9 Å². The molecule has 2 aliphatic rings. The number of fused-ring (bicyclic) bond motifs is 7. The summed E-state index contributed by atoms with van der Waals surface area (Å²) >= 11 is 0. The first-order chi connectivity index (χ1) is 31.6. The molecule has 2 heterocycles. The molecule has 6 aromatic carbocycles. The normalized spacial score (nSPS) is 16.5. The van der Waals surface area contributed by atoms with Crippen molar-refractivity contribution < 1.29 is 24.6 Å². The van der Waals surface area contributed by atoms with Crippen LogP contribution >= 0.6 is 0 Å². The number of hydrogen-bond donors (Lipinski definition) is 4. The minimum Gasteiger partial charge on any atom is -0.481 e. The van der Waals surface area contributed by atoms with E-state index in [4.69, 9.17) is 0 Å². The van der Waals surface area contributed by atoms with E-state index >= 15 is 0 Å². The van der Waals surface area contributed by atoms with Crippen molar-refractivity contribution in [3.05, 3.63) is 156 Å². The molecule has 0 fully saturated rings. The monoisotopic (exact) mass is 884 g/mol. The first kappa shape index (κ1) is 45.3. The predicted molar refractivity (Wildman–Crippen MR) is 271 cm³/mol. The molecule has 1 atom stereocenters. The van der Waals surface area contributed by atoms with E-state index in [1.54, 1.807) is 11.9 Å². The largest absolute Gasteiger partial charge is 0.481 e. The van der Waals surface area contributed by atoms with E-state index in [-0.39, 0.29) is 24.8 Å². The molecule has 8 rings (SSSR count). The molecular formula is C55H60N6O5. The highest BCUT2D eigenvalue weighted by Crippen LogP contribution is 2.54. The fourth-order valence-electron chi connectivity index (χ4n) is 10.1. The topological polar surface area (TPSA) is 129 Å². The number of nitrogens with zero attached hydrogens (tertiary/aromatic N) is 4. The predicted octanol–water partition coefficient (Wildman–Crippen LogP) is 11.2. The van der Waals surface area contributed by atoms with Crippen LogP contribution in [-0.4, -0.2) is 67.3 Å². The average Bonchev–Trinajstić information content (AvgIpc) is 3.67. The molecule has 340 valence electrons. The summed E-state index contributed by atoms with van der Waals surface area (Å²) in [6.07, 6.45) is 6.23. The number of carboxylic acids is 2. The Morgan fingerprint density at radius 1 is 0.697 bits per heavy atom. The number of carboxylic acid groups (broad SMARTS) is 2. The molecule has 0 aromatic heterocycles. The second-order valence-electron chi connectivity index (χ2n) is 18.3. The molecule has 66 heavy (non-hydrogen) atoms. The number of allylic oxidation sites excluding steroid dienone is 3. The third-order valence-electron chi connectivity index (χ3n) is 13.6. The van der Waals surface area contributed by atoms with Gasteiger partial charge < -0.3 is 40.7 Å². The molecule has 0 saturated carbocycles. The highest BCUT2D eigenvalue weighted by Gasteiger charge is 2.45. The van der Waals surface area contributed by atoms with Crippen LogP contribution in [-0.2, 0) is 20.4 Å². The van der Waals surface area contributed by atoms with E-state index in [2.05, 4.69) is 140 Å². The van der Waals surface area contributed by atoms with Gasteiger partial charge in [0, 0.05) is 77.8 Å². The van der Waals surface area contributed by atoms with Crippen LogP contribution in [0.3, 0.4) is 0 Å². The Hall–Kier alpha value is -7.27. The van der Waals surface area contributed by atoms with E-state index in [1.807, 2.05) is 60.7 Å². The Balaban J connectivity index is 1.05. The standard InChI is InChI=1S/C55H60N6O5/c1-8-59(9-2)39-27-25-38(26-28-39)57-56-37-23-21-36(22-24-37)53(66)58(7)40-29-30-46-45(35-40)54(3,4)47(60(46)33-31-49(62)63)19-14-20-48-55(5,6)51-43-17-12-10-15-41(43)42-16-11-13-18-44(42)52(51)61(48)34-32-50(64)65/h10-30,35,47,56-57H,8-9,31-34H2,1-7H3,(H,62,63)(H,64,65). The van der Waals surface area contributed by atoms with Crippen molar-refractivity contribution in [2.75, 3.05) is 63.7 Å². The molecular weight excluding hydrogens is 825 g/mol. The van der Waals surface area contributed by atoms with Crippen molar-refractivity contribution in [3.63, 3.8) is 0 Å². The number of rotatable bonds is 16. The third kappa shape index (κ3) is 8.41. The number of amides is 1.